The summed E-state index contributed by atoms with van der Waals surface area (Å²) < 4.78 is 0. The first-order valence-electron chi connectivity index (χ1n) is 5.63. The first-order valence-corrected chi connectivity index (χ1v) is 5.63. The van der Waals surface area contributed by atoms with E-state index >= 15 is 0 Å². The highest BCUT2D eigenvalue weighted by atomic mass is 16.2. The van der Waals surface area contributed by atoms with Gasteiger partial charge in [-0.3, -0.25) is 9.59 Å². The Bertz CT molecular complexity index is 305. The molecule has 0 spiro atoms. The van der Waals surface area contributed by atoms with Gasteiger partial charge in [-0.15, -0.1) is 0 Å². The maximum Gasteiger partial charge on any atom is 0.310 e. The molecule has 0 radical (unpaired) electrons. The Labute approximate surface area is 95.2 Å². The molecule has 0 aromatic rings. The van der Waals surface area contributed by atoms with E-state index in [1.165, 1.54) is 12.8 Å². The number of rotatable bonds is 5. The van der Waals surface area contributed by atoms with Gasteiger partial charge in [-0.1, -0.05) is 19.8 Å². The molecule has 5 heteroatoms. The van der Waals surface area contributed by atoms with E-state index in [0.29, 0.717) is 5.92 Å². The molecule has 1 saturated carbocycles. The summed E-state index contributed by atoms with van der Waals surface area (Å²) in [5.41, 5.74) is 0. The van der Waals surface area contributed by atoms with Gasteiger partial charge in [-0.2, -0.15) is 5.26 Å². The Kier molecular flexibility index (Phi) is 4.77. The number of nitriles is 1. The van der Waals surface area contributed by atoms with E-state index in [1.54, 1.807) is 6.07 Å². The number of nitrogens with zero attached hydrogens (tertiary/aromatic N) is 1. The van der Waals surface area contributed by atoms with Gasteiger partial charge in [0, 0.05) is 6.04 Å². The second-order valence-corrected chi connectivity index (χ2v) is 4.10. The van der Waals surface area contributed by atoms with Gasteiger partial charge >= 0.3 is 11.8 Å². The molecular formula is C11H17N3O2. The highest BCUT2D eigenvalue weighted by molar-refractivity contribution is 6.35. The third-order valence-electron chi connectivity index (χ3n) is 2.68. The van der Waals surface area contributed by atoms with E-state index in [4.69, 9.17) is 5.26 Å². The maximum absolute atomic E-state index is 11.4. The molecule has 1 atom stereocenters. The molecule has 0 aromatic heterocycles. The summed E-state index contributed by atoms with van der Waals surface area (Å²) in [6, 6.07) is 1.83. The lowest BCUT2D eigenvalue weighted by Crippen LogP contribution is -2.44. The van der Waals surface area contributed by atoms with Crippen molar-refractivity contribution in [3.63, 3.8) is 0 Å². The number of nitrogens with one attached hydrogen (secondary N) is 2. The minimum Gasteiger partial charge on any atom is -0.345 e. The van der Waals surface area contributed by atoms with Gasteiger partial charge in [-0.25, -0.2) is 0 Å². The summed E-state index contributed by atoms with van der Waals surface area (Å²) in [6.07, 6.45) is 4.24. The molecular weight excluding hydrogens is 206 g/mol. The van der Waals surface area contributed by atoms with Crippen molar-refractivity contribution in [2.45, 2.75) is 38.6 Å². The number of hydrogen-bond donors (Lipinski definition) is 2. The Morgan fingerprint density at radius 1 is 1.44 bits per heavy atom. The molecule has 0 heterocycles. The SMILES string of the molecule is CCC(CC1CC1)NC(=O)C(=O)NCC#N. The molecule has 1 rings (SSSR count). The van der Waals surface area contributed by atoms with Crippen molar-refractivity contribution in [2.24, 2.45) is 5.92 Å². The lowest BCUT2D eigenvalue weighted by molar-refractivity contribution is -0.139. The molecule has 2 N–H and O–H groups in total. The lowest BCUT2D eigenvalue weighted by Gasteiger charge is -2.15. The van der Waals surface area contributed by atoms with Crippen LogP contribution in [0.4, 0.5) is 0 Å². The van der Waals surface area contributed by atoms with Crippen LogP contribution < -0.4 is 10.6 Å². The van der Waals surface area contributed by atoms with Crippen molar-refractivity contribution in [3.8, 4) is 6.07 Å². The smallest absolute Gasteiger partial charge is 0.310 e. The van der Waals surface area contributed by atoms with Gasteiger partial charge in [0.05, 0.1) is 6.07 Å². The second kappa shape index (κ2) is 6.11. The molecule has 1 aliphatic carbocycles. The Balaban J connectivity index is 2.29. The third kappa shape index (κ3) is 4.30. The minimum absolute atomic E-state index is 0.0767. The van der Waals surface area contributed by atoms with Crippen molar-refractivity contribution in [1.29, 1.82) is 5.26 Å². The van der Waals surface area contributed by atoms with Crippen molar-refractivity contribution in [2.75, 3.05) is 6.54 Å². The Hall–Kier alpha value is -1.57. The predicted octanol–water partition coefficient (Wildman–Crippen LogP) is 0.321. The van der Waals surface area contributed by atoms with Gasteiger partial charge in [0.15, 0.2) is 0 Å². The van der Waals surface area contributed by atoms with E-state index < -0.39 is 11.8 Å². The average molecular weight is 223 g/mol. The average Bonchev–Trinajstić information content (AvgIpc) is 3.08. The van der Waals surface area contributed by atoms with Gasteiger partial charge in [0.1, 0.15) is 6.54 Å². The van der Waals surface area contributed by atoms with Crippen molar-refractivity contribution < 1.29 is 9.59 Å². The molecule has 16 heavy (non-hydrogen) atoms. The van der Waals surface area contributed by atoms with Crippen molar-refractivity contribution in [3.05, 3.63) is 0 Å². The van der Waals surface area contributed by atoms with Crippen molar-refractivity contribution >= 4 is 11.8 Å². The molecule has 0 saturated heterocycles. The molecule has 1 unspecified atom stereocenters. The summed E-state index contributed by atoms with van der Waals surface area (Å²) in [5.74, 6) is -0.647. The maximum atomic E-state index is 11.4. The van der Waals surface area contributed by atoms with Crippen LogP contribution in [0.2, 0.25) is 0 Å². The lowest BCUT2D eigenvalue weighted by atomic mass is 10.1. The van der Waals surface area contributed by atoms with Crippen LogP contribution in [0.3, 0.4) is 0 Å². The molecule has 0 bridgehead atoms. The first-order chi connectivity index (χ1) is 7.67. The van der Waals surface area contributed by atoms with E-state index in [9.17, 15) is 9.59 Å². The summed E-state index contributed by atoms with van der Waals surface area (Å²) in [4.78, 5) is 22.6. The number of carbonyl (C=O) groups is 2. The monoisotopic (exact) mass is 223 g/mol. The largest absolute Gasteiger partial charge is 0.345 e. The molecule has 0 aromatic carbocycles. The van der Waals surface area contributed by atoms with Crippen LogP contribution in [0.15, 0.2) is 0 Å². The van der Waals surface area contributed by atoms with E-state index in [2.05, 4.69) is 10.6 Å². The fourth-order valence-corrected chi connectivity index (χ4v) is 1.53. The van der Waals surface area contributed by atoms with Crippen LogP contribution in [0.5, 0.6) is 0 Å². The molecule has 1 fully saturated rings. The fourth-order valence-electron chi connectivity index (χ4n) is 1.53. The molecule has 1 aliphatic rings. The van der Waals surface area contributed by atoms with Crippen LogP contribution in [-0.2, 0) is 9.59 Å². The molecule has 88 valence electrons. The van der Waals surface area contributed by atoms with Gasteiger partial charge in [0.2, 0.25) is 0 Å². The quantitative estimate of drug-likeness (QED) is 0.520. The van der Waals surface area contributed by atoms with E-state index in [-0.39, 0.29) is 12.6 Å². The van der Waals surface area contributed by atoms with Crippen LogP contribution in [0, 0.1) is 17.2 Å². The highest BCUT2D eigenvalue weighted by Gasteiger charge is 2.26. The summed E-state index contributed by atoms with van der Waals surface area (Å²) in [7, 11) is 0. The fraction of sp³-hybridized carbons (Fsp3) is 0.727. The Morgan fingerprint density at radius 2 is 2.12 bits per heavy atom. The van der Waals surface area contributed by atoms with Crippen LogP contribution in [0.25, 0.3) is 0 Å². The van der Waals surface area contributed by atoms with Gasteiger partial charge in [0.25, 0.3) is 0 Å². The Morgan fingerprint density at radius 3 is 2.62 bits per heavy atom. The first kappa shape index (κ1) is 12.5. The standard InChI is InChI=1S/C11H17N3O2/c1-2-9(7-8-3-4-8)14-11(16)10(15)13-6-5-12/h8-9H,2-4,6-7H2,1H3,(H,13,15)(H,14,16). The second-order valence-electron chi connectivity index (χ2n) is 4.10. The van der Waals surface area contributed by atoms with Gasteiger partial charge in [-0.05, 0) is 18.8 Å². The molecule has 2 amide bonds. The van der Waals surface area contributed by atoms with Crippen molar-refractivity contribution in [1.82, 2.24) is 10.6 Å². The van der Waals surface area contributed by atoms with E-state index in [1.807, 2.05) is 6.92 Å². The zero-order valence-electron chi connectivity index (χ0n) is 9.45. The van der Waals surface area contributed by atoms with Crippen LogP contribution in [-0.4, -0.2) is 24.4 Å². The normalized spacial score (nSPS) is 16.0. The summed E-state index contributed by atoms with van der Waals surface area (Å²) in [5, 5.41) is 13.2. The highest BCUT2D eigenvalue weighted by Crippen LogP contribution is 2.33. The minimum atomic E-state index is -0.726. The number of carbonyl (C=O) groups excluding carboxylic acids is 2. The zero-order chi connectivity index (χ0) is 12.0. The van der Waals surface area contributed by atoms with Gasteiger partial charge < -0.3 is 10.6 Å². The number of hydrogen-bond acceptors (Lipinski definition) is 3. The third-order valence-corrected chi connectivity index (χ3v) is 2.68. The predicted molar refractivity (Wildman–Crippen MR) is 58.2 cm³/mol. The van der Waals surface area contributed by atoms with Crippen LogP contribution in [0.1, 0.15) is 32.6 Å². The van der Waals surface area contributed by atoms with Crippen LogP contribution >= 0.6 is 0 Å². The number of amides is 2. The topological polar surface area (TPSA) is 82.0 Å². The molecule has 0 aliphatic heterocycles. The zero-order valence-corrected chi connectivity index (χ0v) is 9.45. The summed E-state index contributed by atoms with van der Waals surface area (Å²) in [6.45, 7) is 1.85. The van der Waals surface area contributed by atoms with E-state index in [0.717, 1.165) is 12.8 Å². The molecule has 5 nitrogen and oxygen atoms in total. The summed E-state index contributed by atoms with van der Waals surface area (Å²) >= 11 is 0.